The molecule has 268 valence electrons. The number of carbonyl (C=O) groups excluding carboxylic acids is 4. The van der Waals surface area contributed by atoms with Gasteiger partial charge in [-0.05, 0) is 51.2 Å². The molecule has 0 aliphatic carbocycles. The van der Waals surface area contributed by atoms with E-state index in [0.29, 0.717) is 24.8 Å². The lowest BCUT2D eigenvalue weighted by Gasteiger charge is -2.40. The molecule has 1 spiro atoms. The number of halogens is 1. The summed E-state index contributed by atoms with van der Waals surface area (Å²) in [6.45, 7) is 12.9. The lowest BCUT2D eigenvalue weighted by Crippen LogP contribution is -2.60. The predicted octanol–water partition coefficient (Wildman–Crippen LogP) is 4.52. The Bertz CT molecular complexity index is 1560. The Balaban J connectivity index is 1.53. The first-order chi connectivity index (χ1) is 24.0. The monoisotopic (exact) mass is 749 g/mol. The molecule has 3 heterocycles. The molecule has 11 heteroatoms. The van der Waals surface area contributed by atoms with Gasteiger partial charge in [-0.25, -0.2) is 0 Å². The first-order valence-corrected chi connectivity index (χ1v) is 18.3. The van der Waals surface area contributed by atoms with Gasteiger partial charge in [-0.3, -0.25) is 19.2 Å². The van der Waals surface area contributed by atoms with Crippen molar-refractivity contribution in [3.63, 3.8) is 0 Å². The molecule has 2 N–H and O–H groups in total. The van der Waals surface area contributed by atoms with Crippen LogP contribution in [0.1, 0.15) is 57.3 Å². The van der Waals surface area contributed by atoms with Crippen LogP contribution >= 0.6 is 15.9 Å². The van der Waals surface area contributed by atoms with E-state index in [1.54, 1.807) is 24.0 Å². The van der Waals surface area contributed by atoms with E-state index >= 15 is 0 Å². The van der Waals surface area contributed by atoms with Crippen molar-refractivity contribution in [3.8, 4) is 0 Å². The van der Waals surface area contributed by atoms with E-state index in [9.17, 15) is 24.3 Å². The summed E-state index contributed by atoms with van der Waals surface area (Å²) in [6, 6.07) is 16.0. The van der Waals surface area contributed by atoms with E-state index in [1.165, 1.54) is 4.90 Å². The van der Waals surface area contributed by atoms with E-state index in [2.05, 4.69) is 34.4 Å². The summed E-state index contributed by atoms with van der Waals surface area (Å²) in [5.41, 5.74) is 0.225. The van der Waals surface area contributed by atoms with Gasteiger partial charge in [-0.2, -0.15) is 0 Å². The molecule has 0 saturated carbocycles. The van der Waals surface area contributed by atoms with E-state index in [0.717, 1.165) is 5.56 Å². The number of nitrogens with zero attached hydrogens (tertiary/aromatic N) is 2. The summed E-state index contributed by atoms with van der Waals surface area (Å²) in [4.78, 5) is 59.5. The number of esters is 1. The van der Waals surface area contributed by atoms with Crippen LogP contribution in [0.2, 0.25) is 0 Å². The lowest BCUT2D eigenvalue weighted by atomic mass is 9.70. The smallest absolute Gasteiger partial charge is 0.313 e. The second kappa shape index (κ2) is 16.0. The number of alkyl halides is 1. The van der Waals surface area contributed by atoms with Crippen LogP contribution in [0.3, 0.4) is 0 Å². The fraction of sp³-hybridized carbons (Fsp3) is 0.487. The molecule has 3 amide bonds. The molecular formula is C39H48BrN3O7. The largest absolute Gasteiger partial charge is 0.455 e. The molecule has 2 bridgehead atoms. The first kappa shape index (κ1) is 37.5. The second-order valence-electron chi connectivity index (χ2n) is 13.8. The Morgan fingerprint density at radius 3 is 2.36 bits per heavy atom. The summed E-state index contributed by atoms with van der Waals surface area (Å²) >= 11 is 3.74. The average molecular weight is 751 g/mol. The number of hydrogen-bond acceptors (Lipinski definition) is 7. The van der Waals surface area contributed by atoms with Gasteiger partial charge in [0, 0.05) is 23.8 Å². The summed E-state index contributed by atoms with van der Waals surface area (Å²) < 4.78 is 13.0. The molecular weight excluding hydrogens is 702 g/mol. The number of amides is 3. The Hall–Kier alpha value is -3.80. The zero-order chi connectivity index (χ0) is 36.2. The van der Waals surface area contributed by atoms with Gasteiger partial charge in [0.15, 0.2) is 0 Å². The standard InChI is InChI=1S/C39H48BrN3O7/c1-6-8-19-30(45)41-25(5)33(27-17-13-10-14-18-27)49-38(48)31-32-36(46)43(28(23-44)21-26-15-11-9-12-16-26)35(37(47)42(20-7-2)24(3)4)39(32)22-29(40)34(31)50-39/h6-7,9-18,24-25,28-29,31-35,44H,1-2,8,19-23H2,3-5H3,(H,41,45)/t25-,28+,29?,31+,32-,33-,34+,35+,39-/m0/s1. The molecule has 0 aromatic heterocycles. The van der Waals surface area contributed by atoms with Crippen LogP contribution in [0.5, 0.6) is 0 Å². The maximum absolute atomic E-state index is 14.8. The number of allylic oxidation sites excluding steroid dienone is 1. The van der Waals surface area contributed by atoms with E-state index < -0.39 is 66.3 Å². The van der Waals surface area contributed by atoms with Crippen molar-refractivity contribution < 1.29 is 33.8 Å². The van der Waals surface area contributed by atoms with Crippen LogP contribution in [0.15, 0.2) is 86.0 Å². The van der Waals surface area contributed by atoms with Crippen LogP contribution in [-0.4, -0.2) is 92.4 Å². The van der Waals surface area contributed by atoms with Crippen molar-refractivity contribution in [2.24, 2.45) is 11.8 Å². The molecule has 2 aromatic rings. The Morgan fingerprint density at radius 2 is 1.76 bits per heavy atom. The third-order valence-electron chi connectivity index (χ3n) is 10.2. The fourth-order valence-corrected chi connectivity index (χ4v) is 8.88. The highest BCUT2D eigenvalue weighted by atomic mass is 79.9. The second-order valence-corrected chi connectivity index (χ2v) is 14.9. The number of likely N-dealkylation sites (tertiary alicyclic amines) is 1. The minimum absolute atomic E-state index is 0.206. The fourth-order valence-electron chi connectivity index (χ4n) is 7.94. The molecule has 3 fully saturated rings. The Kier molecular flexibility index (Phi) is 12.0. The molecule has 0 radical (unpaired) electrons. The minimum atomic E-state index is -1.35. The van der Waals surface area contributed by atoms with Gasteiger partial charge in [-0.15, -0.1) is 13.2 Å². The Labute approximate surface area is 303 Å². The number of benzene rings is 2. The number of aliphatic hydroxyl groups excluding tert-OH is 1. The van der Waals surface area contributed by atoms with E-state index in [-0.39, 0.29) is 35.6 Å². The molecule has 10 nitrogen and oxygen atoms in total. The first-order valence-electron chi connectivity index (χ1n) is 17.3. The zero-order valence-corrected chi connectivity index (χ0v) is 30.5. The number of ether oxygens (including phenoxy) is 2. The number of nitrogens with one attached hydrogen (secondary N) is 1. The predicted molar refractivity (Wildman–Crippen MR) is 193 cm³/mol. The molecule has 1 unspecified atom stereocenters. The van der Waals surface area contributed by atoms with Crippen molar-refractivity contribution in [1.29, 1.82) is 0 Å². The molecule has 3 aliphatic rings. The summed E-state index contributed by atoms with van der Waals surface area (Å²) in [5, 5.41) is 13.7. The van der Waals surface area contributed by atoms with Crippen molar-refractivity contribution in [2.75, 3.05) is 13.2 Å². The number of rotatable bonds is 16. The van der Waals surface area contributed by atoms with Gasteiger partial charge in [0.2, 0.25) is 17.7 Å². The quantitative estimate of drug-likeness (QED) is 0.147. The minimum Gasteiger partial charge on any atom is -0.455 e. The van der Waals surface area contributed by atoms with Crippen molar-refractivity contribution >= 4 is 39.6 Å². The van der Waals surface area contributed by atoms with Crippen LogP contribution < -0.4 is 5.32 Å². The maximum Gasteiger partial charge on any atom is 0.313 e. The van der Waals surface area contributed by atoms with E-state index in [1.807, 2.05) is 74.5 Å². The van der Waals surface area contributed by atoms with Crippen LogP contribution in [0, 0.1) is 11.8 Å². The van der Waals surface area contributed by atoms with Crippen LogP contribution in [-0.2, 0) is 35.1 Å². The Morgan fingerprint density at radius 1 is 1.10 bits per heavy atom. The van der Waals surface area contributed by atoms with Gasteiger partial charge in [-0.1, -0.05) is 88.7 Å². The van der Waals surface area contributed by atoms with Gasteiger partial charge in [0.05, 0.1) is 36.6 Å². The number of carbonyl (C=O) groups is 4. The SMILES string of the molecule is C=CCCC(=O)N[C@@H](C)[C@H](OC(=O)[C@H]1[C@@H]2O[C@@]3(CC2Br)[C@@H]1C(=O)N([C@@H](CO)Cc1ccccc1)[C@@H]3C(=O)N(CC=C)C(C)C)c1ccccc1. The topological polar surface area (TPSA) is 125 Å². The average Bonchev–Trinajstić information content (AvgIpc) is 3.70. The normalized spacial score (nSPS) is 27.0. The molecule has 3 aliphatic heterocycles. The lowest BCUT2D eigenvalue weighted by molar-refractivity contribution is -0.162. The molecule has 3 saturated heterocycles. The van der Waals surface area contributed by atoms with Crippen molar-refractivity contribution in [1.82, 2.24) is 15.1 Å². The summed E-state index contributed by atoms with van der Waals surface area (Å²) in [6.07, 6.45) is 3.06. The van der Waals surface area contributed by atoms with Gasteiger partial charge in [0.1, 0.15) is 17.7 Å². The van der Waals surface area contributed by atoms with Crippen LogP contribution in [0.25, 0.3) is 0 Å². The highest BCUT2D eigenvalue weighted by Crippen LogP contribution is 2.61. The van der Waals surface area contributed by atoms with Crippen molar-refractivity contribution in [3.05, 3.63) is 97.1 Å². The molecule has 2 aromatic carbocycles. The number of fused-ring (bicyclic) bond motifs is 1. The highest BCUT2D eigenvalue weighted by Gasteiger charge is 2.77. The molecule has 50 heavy (non-hydrogen) atoms. The van der Waals surface area contributed by atoms with Gasteiger partial charge < -0.3 is 29.7 Å². The zero-order valence-electron chi connectivity index (χ0n) is 29.0. The molecule has 5 rings (SSSR count). The highest BCUT2D eigenvalue weighted by molar-refractivity contribution is 9.09. The van der Waals surface area contributed by atoms with Crippen molar-refractivity contribution in [2.45, 2.75) is 93.3 Å². The summed E-state index contributed by atoms with van der Waals surface area (Å²) in [5.74, 6) is -3.68. The third-order valence-corrected chi connectivity index (χ3v) is 11.0. The van der Waals surface area contributed by atoms with Gasteiger partial charge in [0.25, 0.3) is 0 Å². The van der Waals surface area contributed by atoms with Gasteiger partial charge >= 0.3 is 5.97 Å². The van der Waals surface area contributed by atoms with E-state index in [4.69, 9.17) is 9.47 Å². The number of aliphatic hydroxyl groups is 1. The summed E-state index contributed by atoms with van der Waals surface area (Å²) in [7, 11) is 0. The third kappa shape index (κ3) is 7.18. The molecule has 9 atom stereocenters. The van der Waals surface area contributed by atoms with Crippen LogP contribution in [0.4, 0.5) is 0 Å². The maximum atomic E-state index is 14.8. The number of hydrogen-bond donors (Lipinski definition) is 2.